The van der Waals surface area contributed by atoms with Crippen LogP contribution in [0.5, 0.6) is 0 Å². The maximum Gasteiger partial charge on any atom is 0.260 e. The Hall–Kier alpha value is -3.14. The highest BCUT2D eigenvalue weighted by molar-refractivity contribution is 5.93. The molecule has 2 N–H and O–H groups in total. The van der Waals surface area contributed by atoms with E-state index in [9.17, 15) is 9.59 Å². The van der Waals surface area contributed by atoms with Gasteiger partial charge >= 0.3 is 0 Å². The van der Waals surface area contributed by atoms with E-state index in [0.29, 0.717) is 6.54 Å². The summed E-state index contributed by atoms with van der Waals surface area (Å²) in [5.41, 5.74) is 2.18. The molecule has 3 rings (SSSR count). The molecule has 1 amide bonds. The molecule has 25 heavy (non-hydrogen) atoms. The normalized spacial score (nSPS) is 10.6. The molecule has 0 aliphatic carbocycles. The summed E-state index contributed by atoms with van der Waals surface area (Å²) >= 11 is 0. The lowest BCUT2D eigenvalue weighted by Crippen LogP contribution is -2.30. The van der Waals surface area contributed by atoms with Gasteiger partial charge in [-0.15, -0.1) is 0 Å². The van der Waals surface area contributed by atoms with Crippen LogP contribution in [-0.4, -0.2) is 17.4 Å². The minimum absolute atomic E-state index is 0.137. The van der Waals surface area contributed by atoms with Crippen molar-refractivity contribution in [3.8, 4) is 0 Å². The summed E-state index contributed by atoms with van der Waals surface area (Å²) in [5.74, 6) is -0.154. The number of aromatic amines is 1. The molecular formula is C21H20N2O2. The van der Waals surface area contributed by atoms with Gasteiger partial charge in [-0.3, -0.25) is 9.59 Å². The van der Waals surface area contributed by atoms with Crippen molar-refractivity contribution in [1.29, 1.82) is 0 Å². The third kappa shape index (κ3) is 4.23. The van der Waals surface area contributed by atoms with Gasteiger partial charge in [-0.1, -0.05) is 60.7 Å². The Balaban J connectivity index is 1.71. The highest BCUT2D eigenvalue weighted by Gasteiger charge is 2.15. The molecule has 1 heterocycles. The number of hydrogen-bond donors (Lipinski definition) is 2. The predicted octanol–water partition coefficient (Wildman–Crippen LogP) is 3.33. The van der Waals surface area contributed by atoms with Crippen LogP contribution < -0.4 is 10.9 Å². The summed E-state index contributed by atoms with van der Waals surface area (Å²) in [6, 6.07) is 23.6. The highest BCUT2D eigenvalue weighted by atomic mass is 16.2. The summed E-state index contributed by atoms with van der Waals surface area (Å²) in [6.45, 7) is 0.488. The summed E-state index contributed by atoms with van der Waals surface area (Å²) in [7, 11) is 0. The SMILES string of the molecule is O=C(NCCC(c1ccccc1)c1ccccc1)c1ccc[nH]c1=O. The maximum absolute atomic E-state index is 12.2. The van der Waals surface area contributed by atoms with E-state index in [1.807, 2.05) is 36.4 Å². The minimum Gasteiger partial charge on any atom is -0.352 e. The zero-order chi connectivity index (χ0) is 17.5. The number of amides is 1. The monoisotopic (exact) mass is 332 g/mol. The smallest absolute Gasteiger partial charge is 0.260 e. The van der Waals surface area contributed by atoms with Gasteiger partial charge in [-0.2, -0.15) is 0 Å². The van der Waals surface area contributed by atoms with E-state index in [-0.39, 0.29) is 22.9 Å². The molecule has 0 aliphatic heterocycles. The van der Waals surface area contributed by atoms with Gasteiger partial charge in [-0.05, 0) is 29.7 Å². The number of H-pyrrole nitrogens is 1. The first-order chi connectivity index (χ1) is 12.3. The van der Waals surface area contributed by atoms with E-state index >= 15 is 0 Å². The quantitative estimate of drug-likeness (QED) is 0.727. The molecule has 0 spiro atoms. The molecule has 4 heteroatoms. The Morgan fingerprint density at radius 3 is 2.04 bits per heavy atom. The number of carbonyl (C=O) groups excluding carboxylic acids is 1. The lowest BCUT2D eigenvalue weighted by molar-refractivity contribution is 0.0951. The highest BCUT2D eigenvalue weighted by Crippen LogP contribution is 2.27. The van der Waals surface area contributed by atoms with Crippen LogP contribution in [0.15, 0.2) is 83.8 Å². The zero-order valence-corrected chi connectivity index (χ0v) is 13.8. The maximum atomic E-state index is 12.2. The first-order valence-corrected chi connectivity index (χ1v) is 8.31. The van der Waals surface area contributed by atoms with Crippen LogP contribution in [0.3, 0.4) is 0 Å². The molecule has 2 aromatic carbocycles. The van der Waals surface area contributed by atoms with E-state index in [0.717, 1.165) is 6.42 Å². The molecule has 0 unspecified atom stereocenters. The average molecular weight is 332 g/mol. The van der Waals surface area contributed by atoms with Gasteiger partial charge in [0.05, 0.1) is 0 Å². The molecule has 0 aliphatic rings. The second-order valence-corrected chi connectivity index (χ2v) is 5.83. The summed E-state index contributed by atoms with van der Waals surface area (Å²) in [5, 5.41) is 2.85. The third-order valence-corrected chi connectivity index (χ3v) is 4.19. The Morgan fingerprint density at radius 2 is 1.48 bits per heavy atom. The van der Waals surface area contributed by atoms with Gasteiger partial charge in [0, 0.05) is 18.7 Å². The van der Waals surface area contributed by atoms with Crippen LogP contribution in [0, 0.1) is 0 Å². The molecule has 0 saturated heterocycles. The standard InChI is InChI=1S/C21H20N2O2/c24-20-19(12-7-14-22-20)21(25)23-15-13-18(16-8-3-1-4-9-16)17-10-5-2-6-11-17/h1-12,14,18H,13,15H2,(H,22,24)(H,23,25). The molecule has 4 nitrogen and oxygen atoms in total. The van der Waals surface area contributed by atoms with Crippen molar-refractivity contribution in [3.05, 3.63) is 106 Å². The van der Waals surface area contributed by atoms with E-state index in [4.69, 9.17) is 0 Å². The van der Waals surface area contributed by atoms with Crippen LogP contribution in [-0.2, 0) is 0 Å². The molecule has 0 bridgehead atoms. The Bertz CT molecular complexity index is 833. The second kappa shape index (κ2) is 8.11. The number of benzene rings is 2. The van der Waals surface area contributed by atoms with Crippen molar-refractivity contribution in [2.45, 2.75) is 12.3 Å². The van der Waals surface area contributed by atoms with Crippen LogP contribution in [0.1, 0.15) is 33.8 Å². The molecule has 1 aromatic heterocycles. The van der Waals surface area contributed by atoms with E-state index in [1.165, 1.54) is 23.4 Å². The van der Waals surface area contributed by atoms with Crippen molar-refractivity contribution in [1.82, 2.24) is 10.3 Å². The van der Waals surface area contributed by atoms with E-state index in [2.05, 4.69) is 34.6 Å². The zero-order valence-electron chi connectivity index (χ0n) is 13.8. The molecule has 0 radical (unpaired) electrons. The Morgan fingerprint density at radius 1 is 0.880 bits per heavy atom. The average Bonchev–Trinajstić information content (AvgIpc) is 2.67. The Kier molecular flexibility index (Phi) is 5.42. The summed E-state index contributed by atoms with van der Waals surface area (Å²) in [6.07, 6.45) is 2.27. The lowest BCUT2D eigenvalue weighted by atomic mass is 9.88. The fourth-order valence-electron chi connectivity index (χ4n) is 2.92. The van der Waals surface area contributed by atoms with Crippen LogP contribution >= 0.6 is 0 Å². The lowest BCUT2D eigenvalue weighted by Gasteiger charge is -2.18. The largest absolute Gasteiger partial charge is 0.352 e. The first-order valence-electron chi connectivity index (χ1n) is 8.31. The van der Waals surface area contributed by atoms with Gasteiger partial charge in [0.2, 0.25) is 0 Å². The van der Waals surface area contributed by atoms with E-state index < -0.39 is 0 Å². The summed E-state index contributed by atoms with van der Waals surface area (Å²) in [4.78, 5) is 26.4. The molecule has 0 atom stereocenters. The van der Waals surface area contributed by atoms with Crippen molar-refractivity contribution in [3.63, 3.8) is 0 Å². The predicted molar refractivity (Wildman–Crippen MR) is 98.7 cm³/mol. The number of nitrogens with one attached hydrogen (secondary N) is 2. The van der Waals surface area contributed by atoms with Gasteiger partial charge in [-0.25, -0.2) is 0 Å². The van der Waals surface area contributed by atoms with Crippen molar-refractivity contribution >= 4 is 5.91 Å². The minimum atomic E-state index is -0.373. The van der Waals surface area contributed by atoms with E-state index in [1.54, 1.807) is 6.07 Å². The number of rotatable bonds is 6. The van der Waals surface area contributed by atoms with Crippen molar-refractivity contribution in [2.75, 3.05) is 6.54 Å². The van der Waals surface area contributed by atoms with Gasteiger partial charge in [0.25, 0.3) is 11.5 Å². The van der Waals surface area contributed by atoms with Gasteiger partial charge in [0.1, 0.15) is 5.56 Å². The molecule has 0 fully saturated rings. The van der Waals surface area contributed by atoms with Crippen molar-refractivity contribution in [2.24, 2.45) is 0 Å². The summed E-state index contributed by atoms with van der Waals surface area (Å²) < 4.78 is 0. The number of carbonyl (C=O) groups is 1. The van der Waals surface area contributed by atoms with Gasteiger partial charge < -0.3 is 10.3 Å². The third-order valence-electron chi connectivity index (χ3n) is 4.19. The van der Waals surface area contributed by atoms with Crippen LogP contribution in [0.25, 0.3) is 0 Å². The first kappa shape index (κ1) is 16.7. The second-order valence-electron chi connectivity index (χ2n) is 5.83. The number of pyridine rings is 1. The molecule has 126 valence electrons. The topological polar surface area (TPSA) is 62.0 Å². The van der Waals surface area contributed by atoms with Gasteiger partial charge in [0.15, 0.2) is 0 Å². The fourth-order valence-corrected chi connectivity index (χ4v) is 2.92. The number of hydrogen-bond acceptors (Lipinski definition) is 2. The van der Waals surface area contributed by atoms with Crippen LogP contribution in [0.4, 0.5) is 0 Å². The molecule has 3 aromatic rings. The molecule has 0 saturated carbocycles. The Labute approximate surface area is 146 Å². The van der Waals surface area contributed by atoms with Crippen molar-refractivity contribution < 1.29 is 4.79 Å². The fraction of sp³-hybridized carbons (Fsp3) is 0.143. The number of aromatic nitrogens is 1. The van der Waals surface area contributed by atoms with Crippen LogP contribution in [0.2, 0.25) is 0 Å². The molecular weight excluding hydrogens is 312 g/mol.